The molecule has 8 heteroatoms. The summed E-state index contributed by atoms with van der Waals surface area (Å²) >= 11 is 17.5. The molecule has 2 aromatic rings. The lowest BCUT2D eigenvalue weighted by Crippen LogP contribution is -2.12. The van der Waals surface area contributed by atoms with Crippen molar-refractivity contribution < 1.29 is 19.1 Å². The van der Waals surface area contributed by atoms with Crippen molar-refractivity contribution in [2.24, 2.45) is 0 Å². The third-order valence-electron chi connectivity index (χ3n) is 2.39. The number of carboxylic acid groups (broad SMARTS) is 1. The van der Waals surface area contributed by atoms with E-state index in [1.165, 1.54) is 24.5 Å². The molecular formula is C12H6Cl3NO4. The summed E-state index contributed by atoms with van der Waals surface area (Å²) in [4.78, 5) is 22.8. The van der Waals surface area contributed by atoms with Gasteiger partial charge in [-0.1, -0.05) is 23.2 Å². The standard InChI is InChI=1S/C12H6Cl3NO4/c13-7-3-5(12(18)19)4-8(14)9(7)16-11(17)6-1-2-20-10(6)15/h1-4H,(H,16,17)(H,18,19). The van der Waals surface area contributed by atoms with Gasteiger partial charge < -0.3 is 14.8 Å². The Morgan fingerprint density at radius 1 is 1.15 bits per heavy atom. The predicted molar refractivity (Wildman–Crippen MR) is 75.1 cm³/mol. The molecule has 1 aromatic carbocycles. The number of hydrogen-bond donors (Lipinski definition) is 2. The minimum atomic E-state index is -1.18. The van der Waals surface area contributed by atoms with Crippen LogP contribution in [0, 0.1) is 0 Å². The van der Waals surface area contributed by atoms with E-state index in [-0.39, 0.29) is 32.1 Å². The molecule has 0 spiro atoms. The van der Waals surface area contributed by atoms with Gasteiger partial charge in [-0.3, -0.25) is 4.79 Å². The van der Waals surface area contributed by atoms with Gasteiger partial charge in [0.1, 0.15) is 0 Å². The Labute approximate surface area is 128 Å². The molecular weight excluding hydrogens is 328 g/mol. The molecule has 1 aromatic heterocycles. The van der Waals surface area contributed by atoms with Gasteiger partial charge >= 0.3 is 5.97 Å². The molecule has 0 radical (unpaired) electrons. The minimum absolute atomic E-state index is 0.00265. The summed E-state index contributed by atoms with van der Waals surface area (Å²) in [7, 11) is 0. The molecule has 2 rings (SSSR count). The van der Waals surface area contributed by atoms with E-state index in [1.54, 1.807) is 0 Å². The Bertz CT molecular complexity index is 673. The van der Waals surface area contributed by atoms with Gasteiger partial charge in [0, 0.05) is 0 Å². The van der Waals surface area contributed by atoms with E-state index in [2.05, 4.69) is 5.32 Å². The van der Waals surface area contributed by atoms with Crippen LogP contribution < -0.4 is 5.32 Å². The van der Waals surface area contributed by atoms with Gasteiger partial charge in [0.05, 0.1) is 33.1 Å². The second kappa shape index (κ2) is 5.75. The van der Waals surface area contributed by atoms with Gasteiger partial charge in [-0.05, 0) is 29.8 Å². The van der Waals surface area contributed by atoms with Crippen molar-refractivity contribution >= 4 is 52.4 Å². The summed E-state index contributed by atoms with van der Waals surface area (Å²) in [5.41, 5.74) is 0.126. The summed E-state index contributed by atoms with van der Waals surface area (Å²) < 4.78 is 4.80. The Kier molecular flexibility index (Phi) is 4.23. The van der Waals surface area contributed by atoms with Crippen LogP contribution in [0.2, 0.25) is 15.3 Å². The topological polar surface area (TPSA) is 79.5 Å². The smallest absolute Gasteiger partial charge is 0.335 e. The highest BCUT2D eigenvalue weighted by atomic mass is 35.5. The number of carbonyl (C=O) groups is 2. The summed E-state index contributed by atoms with van der Waals surface area (Å²) in [5.74, 6) is -1.75. The Hall–Kier alpha value is -1.69. The van der Waals surface area contributed by atoms with Crippen molar-refractivity contribution in [3.8, 4) is 0 Å². The largest absolute Gasteiger partial charge is 0.478 e. The number of amides is 1. The van der Waals surface area contributed by atoms with Gasteiger partial charge in [0.2, 0.25) is 5.22 Å². The Morgan fingerprint density at radius 2 is 1.75 bits per heavy atom. The highest BCUT2D eigenvalue weighted by molar-refractivity contribution is 6.41. The first kappa shape index (κ1) is 14.7. The zero-order chi connectivity index (χ0) is 14.9. The molecule has 0 unspecified atom stereocenters. The second-order valence-electron chi connectivity index (χ2n) is 3.68. The molecule has 2 N–H and O–H groups in total. The number of rotatable bonds is 3. The Morgan fingerprint density at radius 3 is 2.20 bits per heavy atom. The van der Waals surface area contributed by atoms with Crippen molar-refractivity contribution in [1.29, 1.82) is 0 Å². The van der Waals surface area contributed by atoms with E-state index in [1.807, 2.05) is 0 Å². The minimum Gasteiger partial charge on any atom is -0.478 e. The first-order chi connectivity index (χ1) is 9.40. The third-order valence-corrected chi connectivity index (χ3v) is 3.28. The van der Waals surface area contributed by atoms with Gasteiger partial charge in [-0.25, -0.2) is 4.79 Å². The van der Waals surface area contributed by atoms with Crippen LogP contribution in [0.3, 0.4) is 0 Å². The maximum Gasteiger partial charge on any atom is 0.335 e. The van der Waals surface area contributed by atoms with E-state index in [0.717, 1.165) is 0 Å². The van der Waals surface area contributed by atoms with E-state index >= 15 is 0 Å². The van der Waals surface area contributed by atoms with Crippen LogP contribution in [0.4, 0.5) is 5.69 Å². The fourth-order valence-corrected chi connectivity index (χ4v) is 2.23. The van der Waals surface area contributed by atoms with Crippen LogP contribution in [-0.4, -0.2) is 17.0 Å². The fourth-order valence-electron chi connectivity index (χ4n) is 1.45. The molecule has 0 saturated heterocycles. The van der Waals surface area contributed by atoms with E-state index in [0.29, 0.717) is 0 Å². The molecule has 0 aliphatic carbocycles. The molecule has 0 aliphatic rings. The highest BCUT2D eigenvalue weighted by Crippen LogP contribution is 2.32. The number of carbonyl (C=O) groups excluding carboxylic acids is 1. The van der Waals surface area contributed by atoms with Crippen LogP contribution >= 0.6 is 34.8 Å². The van der Waals surface area contributed by atoms with Crippen molar-refractivity contribution in [2.75, 3.05) is 5.32 Å². The second-order valence-corrected chi connectivity index (χ2v) is 4.84. The molecule has 0 fully saturated rings. The average molecular weight is 335 g/mol. The number of carboxylic acids is 1. The molecule has 104 valence electrons. The lowest BCUT2D eigenvalue weighted by Gasteiger charge is -2.09. The van der Waals surface area contributed by atoms with Crippen molar-refractivity contribution in [3.05, 3.63) is 50.9 Å². The molecule has 5 nitrogen and oxygen atoms in total. The van der Waals surface area contributed by atoms with E-state index < -0.39 is 11.9 Å². The van der Waals surface area contributed by atoms with Crippen LogP contribution in [0.25, 0.3) is 0 Å². The molecule has 0 bridgehead atoms. The van der Waals surface area contributed by atoms with Crippen molar-refractivity contribution in [1.82, 2.24) is 0 Å². The van der Waals surface area contributed by atoms with Gasteiger partial charge in [-0.2, -0.15) is 0 Å². The average Bonchev–Trinajstić information content (AvgIpc) is 2.79. The summed E-state index contributed by atoms with van der Waals surface area (Å²) in [6.07, 6.45) is 1.26. The number of aromatic carboxylic acids is 1. The lowest BCUT2D eigenvalue weighted by atomic mass is 10.2. The molecule has 1 amide bonds. The number of hydrogen-bond acceptors (Lipinski definition) is 3. The van der Waals surface area contributed by atoms with Crippen molar-refractivity contribution in [3.63, 3.8) is 0 Å². The number of furan rings is 1. The quantitative estimate of drug-likeness (QED) is 0.882. The molecule has 0 saturated carbocycles. The van der Waals surface area contributed by atoms with E-state index in [4.69, 9.17) is 44.3 Å². The summed E-state index contributed by atoms with van der Waals surface area (Å²) in [5, 5.41) is 11.2. The van der Waals surface area contributed by atoms with Gasteiger partial charge in [-0.15, -0.1) is 0 Å². The number of halogens is 3. The predicted octanol–water partition coefficient (Wildman–Crippen LogP) is 4.19. The SMILES string of the molecule is O=C(O)c1cc(Cl)c(NC(=O)c2ccoc2Cl)c(Cl)c1. The molecule has 1 heterocycles. The lowest BCUT2D eigenvalue weighted by molar-refractivity contribution is 0.0696. The Balaban J connectivity index is 2.33. The molecule has 0 atom stereocenters. The number of benzene rings is 1. The first-order valence-corrected chi connectivity index (χ1v) is 6.30. The zero-order valence-electron chi connectivity index (χ0n) is 9.62. The molecule has 20 heavy (non-hydrogen) atoms. The number of nitrogens with one attached hydrogen (secondary N) is 1. The van der Waals surface area contributed by atoms with Crippen LogP contribution in [0.15, 0.2) is 28.9 Å². The van der Waals surface area contributed by atoms with Gasteiger partial charge in [0.25, 0.3) is 5.91 Å². The van der Waals surface area contributed by atoms with Crippen LogP contribution in [0.5, 0.6) is 0 Å². The highest BCUT2D eigenvalue weighted by Gasteiger charge is 2.18. The third kappa shape index (κ3) is 2.90. The zero-order valence-corrected chi connectivity index (χ0v) is 11.9. The number of anilines is 1. The van der Waals surface area contributed by atoms with Crippen LogP contribution in [-0.2, 0) is 0 Å². The summed E-state index contributed by atoms with van der Waals surface area (Å²) in [6, 6.07) is 3.75. The summed E-state index contributed by atoms with van der Waals surface area (Å²) in [6.45, 7) is 0. The first-order valence-electron chi connectivity index (χ1n) is 5.17. The maximum absolute atomic E-state index is 11.9. The van der Waals surface area contributed by atoms with Crippen LogP contribution in [0.1, 0.15) is 20.7 Å². The monoisotopic (exact) mass is 333 g/mol. The fraction of sp³-hybridized carbons (Fsp3) is 0. The molecule has 0 aliphatic heterocycles. The van der Waals surface area contributed by atoms with Crippen molar-refractivity contribution in [2.45, 2.75) is 0 Å². The van der Waals surface area contributed by atoms with E-state index in [9.17, 15) is 9.59 Å². The van der Waals surface area contributed by atoms with Gasteiger partial charge in [0.15, 0.2) is 0 Å². The normalized spacial score (nSPS) is 10.3. The maximum atomic E-state index is 11.9.